The van der Waals surface area contributed by atoms with Crippen molar-refractivity contribution >= 4 is 67.2 Å². The van der Waals surface area contributed by atoms with E-state index in [1.807, 2.05) is 59.9 Å². The smallest absolute Gasteiger partial charge is 0.231 e. The molecule has 6 heterocycles. The van der Waals surface area contributed by atoms with Crippen LogP contribution in [0.15, 0.2) is 166 Å². The molecule has 0 unspecified atom stereocenters. The Morgan fingerprint density at radius 1 is 0.485 bits per heavy atom. The second-order valence-electron chi connectivity index (χ2n) is 16.8. The molecule has 4 aliphatic rings. The monoisotopic (exact) mass is 928 g/mol. The largest absolute Gasteiger partial charge is 0.493 e. The summed E-state index contributed by atoms with van der Waals surface area (Å²) in [5, 5.41) is 6.78. The van der Waals surface area contributed by atoms with E-state index in [0.717, 1.165) is 42.3 Å². The van der Waals surface area contributed by atoms with E-state index in [4.69, 9.17) is 18.6 Å². The van der Waals surface area contributed by atoms with Gasteiger partial charge in [0.2, 0.25) is 6.79 Å². The van der Waals surface area contributed by atoms with E-state index in [-0.39, 0.29) is 0 Å². The Morgan fingerprint density at radius 2 is 1.21 bits per heavy atom. The molecule has 0 N–H and O–H groups in total. The molecule has 7 heteroatoms. The Kier molecular flexibility index (Phi) is 17.3. The van der Waals surface area contributed by atoms with Gasteiger partial charge < -0.3 is 18.6 Å². The Morgan fingerprint density at radius 3 is 1.98 bits per heavy atom. The lowest BCUT2D eigenvalue weighted by atomic mass is 10.0. The Bertz CT molecular complexity index is 2960. The summed E-state index contributed by atoms with van der Waals surface area (Å²) < 4.78 is 22.4. The maximum atomic E-state index is 5.48. The van der Waals surface area contributed by atoms with Gasteiger partial charge in [0.15, 0.2) is 11.5 Å². The second kappa shape index (κ2) is 23.9. The summed E-state index contributed by atoms with van der Waals surface area (Å²) in [6, 6.07) is 46.1. The SMILES string of the molecule is CC1=Cc2ccccc2C1.CC1=Cc2sccc2C1.Cc1cc2ccccc2s1.Cc1ccc2c(c1)CCCO2.Cc1ccc2c(c1)OCO2.Cc1ccc2ccoc2c1.Cc1cccs1. The lowest BCUT2D eigenvalue weighted by Gasteiger charge is -2.16. The van der Waals surface area contributed by atoms with E-state index in [1.165, 1.54) is 93.0 Å². The third-order valence-corrected chi connectivity index (χ3v) is 13.7. The van der Waals surface area contributed by atoms with Crippen molar-refractivity contribution in [3.63, 3.8) is 0 Å². The number of allylic oxidation sites excluding steroid dienone is 2. The molecule has 4 aromatic heterocycles. The van der Waals surface area contributed by atoms with Gasteiger partial charge in [0.1, 0.15) is 11.3 Å². The minimum Gasteiger partial charge on any atom is -0.493 e. The van der Waals surface area contributed by atoms with E-state index in [9.17, 15) is 0 Å². The lowest BCUT2D eigenvalue weighted by Crippen LogP contribution is -2.07. The number of hydrogen-bond donors (Lipinski definition) is 0. The third kappa shape index (κ3) is 14.2. The highest BCUT2D eigenvalue weighted by molar-refractivity contribution is 7.19. The number of aryl methyl sites for hydroxylation is 6. The Balaban J connectivity index is 0.000000115. The summed E-state index contributed by atoms with van der Waals surface area (Å²) in [6.07, 6.45) is 10.9. The van der Waals surface area contributed by atoms with Crippen LogP contribution in [0.4, 0.5) is 0 Å². The van der Waals surface area contributed by atoms with E-state index in [2.05, 4.69) is 168 Å². The van der Waals surface area contributed by atoms with E-state index >= 15 is 0 Å². The van der Waals surface area contributed by atoms with Crippen molar-refractivity contribution in [3.8, 4) is 17.2 Å². The predicted octanol–water partition coefficient (Wildman–Crippen LogP) is 17.4. The van der Waals surface area contributed by atoms with Crippen LogP contribution in [0, 0.1) is 34.6 Å². The molecule has 2 aliphatic heterocycles. The standard InChI is InChI=1S/C10H12O.C10H10.C9H8O.C9H8S.C8H8O2.C8H8S.C5H6S/c1-8-4-5-10-9(7-8)3-2-6-11-10;1-8-6-9-4-2-3-5-10(9)7-8;1-7-2-3-8-4-5-10-9(8)6-7;1-7-6-8-4-2-3-5-9(8)10-7;1-6-2-3-7-8(4-6)10-5-9-7;1-6-4-7-2-3-9-8(7)5-6;1-5-3-2-4-6-5/h4-5,7H,2-3,6H2,1H3;2-6H,7H2,1H3;2*2-6H,1H3;2-4H,5H2,1H3;2-3,5H,4H2,1H3;2-4H,1H3. The first-order valence-electron chi connectivity index (χ1n) is 22.5. The normalized spacial score (nSPS) is 13.0. The van der Waals surface area contributed by atoms with Crippen molar-refractivity contribution in [2.75, 3.05) is 13.4 Å². The zero-order valence-electron chi connectivity index (χ0n) is 39.2. The van der Waals surface area contributed by atoms with Crippen LogP contribution in [0.1, 0.15) is 73.8 Å². The summed E-state index contributed by atoms with van der Waals surface area (Å²) in [5.41, 5.74) is 13.5. The van der Waals surface area contributed by atoms with E-state index < -0.39 is 0 Å². The molecule has 0 atom stereocenters. The molecule has 338 valence electrons. The number of rotatable bonds is 0. The van der Waals surface area contributed by atoms with Crippen LogP contribution in [0.3, 0.4) is 0 Å². The summed E-state index contributed by atoms with van der Waals surface area (Å²) >= 11 is 5.47. The number of benzene rings is 5. The quantitative estimate of drug-likeness (QED) is 0.152. The van der Waals surface area contributed by atoms with Gasteiger partial charge in [0.05, 0.1) is 12.9 Å². The van der Waals surface area contributed by atoms with Crippen LogP contribution in [0.5, 0.6) is 17.2 Å². The topological polar surface area (TPSA) is 40.8 Å². The summed E-state index contributed by atoms with van der Waals surface area (Å²) in [6.45, 7) is 16.1. The Labute approximate surface area is 403 Å². The van der Waals surface area contributed by atoms with Gasteiger partial charge >= 0.3 is 0 Å². The Hall–Kier alpha value is -6.12. The average molecular weight is 929 g/mol. The zero-order chi connectivity index (χ0) is 46.3. The van der Waals surface area contributed by atoms with Gasteiger partial charge in [-0.3, -0.25) is 0 Å². The molecular weight excluding hydrogens is 869 g/mol. The first-order valence-corrected chi connectivity index (χ1v) is 25.1. The van der Waals surface area contributed by atoms with Crippen LogP contribution in [0.2, 0.25) is 0 Å². The molecule has 5 aromatic carbocycles. The fraction of sp³-hybridized carbons (Fsp3) is 0.220. The second-order valence-corrected chi connectivity index (χ2v) is 20.2. The van der Waals surface area contributed by atoms with Gasteiger partial charge in [-0.1, -0.05) is 102 Å². The van der Waals surface area contributed by atoms with Crippen molar-refractivity contribution in [2.24, 2.45) is 0 Å². The maximum Gasteiger partial charge on any atom is 0.231 e. The fourth-order valence-corrected chi connectivity index (χ4v) is 10.1. The first kappa shape index (κ1) is 47.8. The maximum absolute atomic E-state index is 5.48. The van der Waals surface area contributed by atoms with E-state index in [0.29, 0.717) is 6.79 Å². The highest BCUT2D eigenvalue weighted by Crippen LogP contribution is 2.32. The minimum absolute atomic E-state index is 0.360. The van der Waals surface area contributed by atoms with Crippen molar-refractivity contribution in [1.82, 2.24) is 0 Å². The molecule has 0 bridgehead atoms. The summed E-state index contributed by atoms with van der Waals surface area (Å²) in [4.78, 5) is 4.24. The number of hydrogen-bond acceptors (Lipinski definition) is 7. The van der Waals surface area contributed by atoms with Crippen molar-refractivity contribution in [3.05, 3.63) is 215 Å². The van der Waals surface area contributed by atoms with Gasteiger partial charge in [-0.05, 0) is 184 Å². The number of ether oxygens (including phenoxy) is 3. The molecule has 66 heavy (non-hydrogen) atoms. The molecule has 0 amide bonds. The molecule has 4 nitrogen and oxygen atoms in total. The van der Waals surface area contributed by atoms with Gasteiger partial charge in [0, 0.05) is 24.7 Å². The number of fused-ring (bicyclic) bond motifs is 6. The van der Waals surface area contributed by atoms with Crippen LogP contribution in [-0.2, 0) is 19.3 Å². The lowest BCUT2D eigenvalue weighted by molar-refractivity contribution is 0.174. The molecule has 0 fully saturated rings. The molecule has 0 saturated carbocycles. The molecule has 2 aliphatic carbocycles. The molecule has 0 radical (unpaired) electrons. The van der Waals surface area contributed by atoms with Crippen molar-refractivity contribution < 1.29 is 18.6 Å². The number of furan rings is 1. The van der Waals surface area contributed by atoms with Crippen LogP contribution >= 0.6 is 34.0 Å². The summed E-state index contributed by atoms with van der Waals surface area (Å²) in [5.74, 6) is 2.80. The molecule has 0 spiro atoms. The molecule has 9 aromatic rings. The molecular formula is C59H60O4S3. The minimum atomic E-state index is 0.360. The zero-order valence-corrected chi connectivity index (χ0v) is 41.6. The average Bonchev–Trinajstić information content (AvgIpc) is 4.18. The van der Waals surface area contributed by atoms with E-state index in [1.54, 1.807) is 17.6 Å². The van der Waals surface area contributed by atoms with Crippen molar-refractivity contribution in [2.45, 2.75) is 74.1 Å². The van der Waals surface area contributed by atoms with Gasteiger partial charge in [-0.2, -0.15) is 0 Å². The van der Waals surface area contributed by atoms with Gasteiger partial charge in [0.25, 0.3) is 0 Å². The number of thiophene rings is 3. The van der Waals surface area contributed by atoms with Crippen LogP contribution < -0.4 is 14.2 Å². The highest BCUT2D eigenvalue weighted by atomic mass is 32.1. The predicted molar refractivity (Wildman–Crippen MR) is 284 cm³/mol. The third-order valence-electron chi connectivity index (χ3n) is 11.0. The molecule has 13 rings (SSSR count). The van der Waals surface area contributed by atoms with Crippen LogP contribution in [-0.4, -0.2) is 13.4 Å². The summed E-state index contributed by atoms with van der Waals surface area (Å²) in [7, 11) is 0. The van der Waals surface area contributed by atoms with Crippen LogP contribution in [0.25, 0.3) is 33.2 Å². The van der Waals surface area contributed by atoms with Crippen molar-refractivity contribution in [1.29, 1.82) is 0 Å². The highest BCUT2D eigenvalue weighted by Gasteiger charge is 2.12. The van der Waals surface area contributed by atoms with Gasteiger partial charge in [-0.25, -0.2) is 0 Å². The fourth-order valence-electron chi connectivity index (χ4n) is 7.68. The molecule has 0 saturated heterocycles. The first-order chi connectivity index (χ1) is 32.1. The van der Waals surface area contributed by atoms with Gasteiger partial charge in [-0.15, -0.1) is 34.0 Å².